The van der Waals surface area contributed by atoms with Crippen LogP contribution in [0.1, 0.15) is 5.56 Å². The Morgan fingerprint density at radius 3 is 2.27 bits per heavy atom. The van der Waals surface area contributed by atoms with Gasteiger partial charge in [0.25, 0.3) is 0 Å². The maximum atomic E-state index is 13.5. The summed E-state index contributed by atoms with van der Waals surface area (Å²) in [6.07, 6.45) is -4.60. The van der Waals surface area contributed by atoms with Crippen molar-refractivity contribution in [3.05, 3.63) is 59.1 Å². The molecule has 0 spiro atoms. The van der Waals surface area contributed by atoms with Crippen LogP contribution in [-0.4, -0.2) is 87.2 Å². The fraction of sp³-hybridized carbons (Fsp3) is 0.391. The molecule has 0 aromatic heterocycles. The van der Waals surface area contributed by atoms with E-state index in [2.05, 4.69) is 5.32 Å². The van der Waals surface area contributed by atoms with Gasteiger partial charge in [0.2, 0.25) is 15.9 Å². The number of benzene rings is 2. The second-order valence-corrected chi connectivity index (χ2v) is 10.1. The molecular weight excluding hydrogens is 539 g/mol. The molecule has 1 heterocycles. The fourth-order valence-corrected chi connectivity index (χ4v) is 5.15. The van der Waals surface area contributed by atoms with E-state index in [9.17, 15) is 26.4 Å². The van der Waals surface area contributed by atoms with Crippen LogP contribution in [0.4, 0.5) is 13.2 Å². The van der Waals surface area contributed by atoms with Crippen LogP contribution in [0.5, 0.6) is 5.75 Å². The van der Waals surface area contributed by atoms with Crippen molar-refractivity contribution in [2.24, 2.45) is 0 Å². The lowest BCUT2D eigenvalue weighted by Crippen LogP contribution is -2.50. The minimum atomic E-state index is -5.08. The maximum absolute atomic E-state index is 13.5. The molecule has 0 radical (unpaired) electrons. The van der Waals surface area contributed by atoms with Crippen molar-refractivity contribution in [1.82, 2.24) is 14.5 Å². The molecule has 2 aromatic rings. The first-order valence-electron chi connectivity index (χ1n) is 11.0. The zero-order valence-electron chi connectivity index (χ0n) is 19.9. The lowest BCUT2D eigenvalue weighted by Gasteiger charge is -2.30. The molecule has 0 atom stereocenters. The number of nitrogens with zero attached hydrogens (tertiary/aromatic N) is 2. The van der Waals surface area contributed by atoms with E-state index in [4.69, 9.17) is 26.2 Å². The quantitative estimate of drug-likeness (QED) is 0.505. The van der Waals surface area contributed by atoms with Gasteiger partial charge in [-0.2, -0.15) is 17.5 Å². The Labute approximate surface area is 217 Å². The number of carbonyl (C=O) groups is 2. The van der Waals surface area contributed by atoms with Crippen LogP contribution < -0.4 is 10.1 Å². The third-order valence-corrected chi connectivity index (χ3v) is 7.36. The number of rotatable bonds is 8. The Bertz CT molecular complexity index is 1160. The van der Waals surface area contributed by atoms with E-state index in [1.807, 2.05) is 30.3 Å². The molecule has 37 heavy (non-hydrogen) atoms. The molecule has 1 aliphatic rings. The van der Waals surface area contributed by atoms with Crippen molar-refractivity contribution < 1.29 is 41.0 Å². The van der Waals surface area contributed by atoms with Gasteiger partial charge in [-0.05, 0) is 30.2 Å². The van der Waals surface area contributed by atoms with Crippen LogP contribution in [0.3, 0.4) is 0 Å². The fourth-order valence-electron chi connectivity index (χ4n) is 3.34. The van der Waals surface area contributed by atoms with Crippen LogP contribution in [-0.2, 0) is 26.0 Å². The standard InChI is InChI=1S/C21H26ClN3O4S.C2HF3O2/c1-29-19-8-7-18(22)15-20(19)30(27,28)25(12-9-17-5-3-2-4-6-17)16-21(26)24-13-10-23-11-14-24;3-2(4,5)1(6)7/h2-8,15,23H,9-14,16H2,1H3;(H,6,7). The summed E-state index contributed by atoms with van der Waals surface area (Å²) >= 11 is 6.06. The predicted octanol–water partition coefficient (Wildman–Crippen LogP) is 2.65. The summed E-state index contributed by atoms with van der Waals surface area (Å²) in [5.74, 6) is -2.78. The van der Waals surface area contributed by atoms with Gasteiger partial charge in [0, 0.05) is 37.7 Å². The number of carboxylic acid groups (broad SMARTS) is 1. The van der Waals surface area contributed by atoms with E-state index >= 15 is 0 Å². The Hall–Kier alpha value is -2.87. The van der Waals surface area contributed by atoms with Gasteiger partial charge in [0.05, 0.1) is 13.7 Å². The van der Waals surface area contributed by atoms with Crippen molar-refractivity contribution in [1.29, 1.82) is 0 Å². The number of sulfonamides is 1. The van der Waals surface area contributed by atoms with E-state index in [0.717, 1.165) is 5.56 Å². The normalized spacial score (nSPS) is 14.1. The second-order valence-electron chi connectivity index (χ2n) is 7.80. The Kier molecular flexibility index (Phi) is 11.2. The van der Waals surface area contributed by atoms with Gasteiger partial charge in [0.1, 0.15) is 10.6 Å². The third-order valence-electron chi connectivity index (χ3n) is 5.26. The second kappa shape index (κ2) is 13.6. The van der Waals surface area contributed by atoms with Gasteiger partial charge in [-0.25, -0.2) is 13.2 Å². The summed E-state index contributed by atoms with van der Waals surface area (Å²) in [5.41, 5.74) is 0.991. The number of aliphatic carboxylic acids is 1. The summed E-state index contributed by atoms with van der Waals surface area (Å²) in [6, 6.07) is 14.0. The number of nitrogens with one attached hydrogen (secondary N) is 1. The van der Waals surface area contributed by atoms with Crippen molar-refractivity contribution >= 4 is 33.5 Å². The largest absolute Gasteiger partial charge is 0.495 e. The van der Waals surface area contributed by atoms with Gasteiger partial charge in [0.15, 0.2) is 0 Å². The number of halogens is 4. The summed E-state index contributed by atoms with van der Waals surface area (Å²) in [4.78, 5) is 23.4. The van der Waals surface area contributed by atoms with E-state index in [1.165, 1.54) is 23.5 Å². The predicted molar refractivity (Wildman–Crippen MR) is 130 cm³/mol. The molecule has 204 valence electrons. The average Bonchev–Trinajstić information content (AvgIpc) is 2.87. The molecule has 1 aliphatic heterocycles. The molecule has 14 heteroatoms. The van der Waals surface area contributed by atoms with Gasteiger partial charge in [-0.15, -0.1) is 0 Å². The molecule has 2 N–H and O–H groups in total. The number of methoxy groups -OCH3 is 1. The first-order valence-corrected chi connectivity index (χ1v) is 12.8. The molecule has 0 bridgehead atoms. The Morgan fingerprint density at radius 2 is 1.73 bits per heavy atom. The number of piperazine rings is 1. The number of alkyl halides is 3. The van der Waals surface area contributed by atoms with Crippen molar-refractivity contribution in [3.63, 3.8) is 0 Å². The summed E-state index contributed by atoms with van der Waals surface area (Å²) in [6.45, 7) is 2.46. The highest BCUT2D eigenvalue weighted by atomic mass is 35.5. The minimum Gasteiger partial charge on any atom is -0.495 e. The van der Waals surface area contributed by atoms with Crippen LogP contribution in [0, 0.1) is 0 Å². The van der Waals surface area contributed by atoms with E-state index < -0.39 is 22.2 Å². The highest BCUT2D eigenvalue weighted by Gasteiger charge is 2.38. The third kappa shape index (κ3) is 9.18. The number of carboxylic acids is 1. The lowest BCUT2D eigenvalue weighted by atomic mass is 10.1. The van der Waals surface area contributed by atoms with Crippen LogP contribution in [0.15, 0.2) is 53.4 Å². The molecule has 0 unspecified atom stereocenters. The van der Waals surface area contributed by atoms with Gasteiger partial charge in [-0.3, -0.25) is 4.79 Å². The number of hydrogen-bond acceptors (Lipinski definition) is 6. The first kappa shape index (κ1) is 30.4. The van der Waals surface area contributed by atoms with Gasteiger partial charge >= 0.3 is 12.1 Å². The molecule has 1 saturated heterocycles. The maximum Gasteiger partial charge on any atom is 0.490 e. The Balaban J connectivity index is 0.000000604. The lowest BCUT2D eigenvalue weighted by molar-refractivity contribution is -0.192. The van der Waals surface area contributed by atoms with E-state index in [-0.39, 0.29) is 34.7 Å². The number of carbonyl (C=O) groups excluding carboxylic acids is 1. The number of hydrogen-bond donors (Lipinski definition) is 2. The monoisotopic (exact) mass is 565 g/mol. The minimum absolute atomic E-state index is 0.0429. The van der Waals surface area contributed by atoms with E-state index in [0.29, 0.717) is 32.6 Å². The molecule has 1 amide bonds. The average molecular weight is 566 g/mol. The summed E-state index contributed by atoms with van der Waals surface area (Å²) < 4.78 is 65.2. The summed E-state index contributed by atoms with van der Waals surface area (Å²) in [7, 11) is -2.60. The SMILES string of the molecule is COc1ccc(Cl)cc1S(=O)(=O)N(CCc1ccccc1)CC(=O)N1CCNCC1.O=C(O)C(F)(F)F. The Morgan fingerprint density at radius 1 is 1.14 bits per heavy atom. The van der Waals surface area contributed by atoms with Gasteiger partial charge in [-0.1, -0.05) is 41.9 Å². The molecule has 9 nitrogen and oxygen atoms in total. The van der Waals surface area contributed by atoms with E-state index in [1.54, 1.807) is 11.0 Å². The van der Waals surface area contributed by atoms with Crippen LogP contribution in [0.25, 0.3) is 0 Å². The molecule has 3 rings (SSSR count). The van der Waals surface area contributed by atoms with Crippen molar-refractivity contribution in [3.8, 4) is 5.75 Å². The highest BCUT2D eigenvalue weighted by molar-refractivity contribution is 7.89. The van der Waals surface area contributed by atoms with Gasteiger partial charge < -0.3 is 20.1 Å². The zero-order valence-corrected chi connectivity index (χ0v) is 21.4. The number of amides is 1. The van der Waals surface area contributed by atoms with Crippen LogP contribution in [0.2, 0.25) is 5.02 Å². The molecular formula is C23H27ClF3N3O6S. The zero-order chi connectivity index (χ0) is 27.6. The van der Waals surface area contributed by atoms with Crippen molar-refractivity contribution in [2.75, 3.05) is 46.4 Å². The highest BCUT2D eigenvalue weighted by Crippen LogP contribution is 2.30. The molecule has 0 aliphatic carbocycles. The topological polar surface area (TPSA) is 116 Å². The van der Waals surface area contributed by atoms with Crippen molar-refractivity contribution in [2.45, 2.75) is 17.5 Å². The molecule has 2 aromatic carbocycles. The summed E-state index contributed by atoms with van der Waals surface area (Å²) in [5, 5.41) is 10.6. The molecule has 1 fully saturated rings. The number of ether oxygens (including phenoxy) is 1. The van der Waals surface area contributed by atoms with Crippen LogP contribution >= 0.6 is 11.6 Å². The first-order chi connectivity index (χ1) is 17.4. The molecule has 0 saturated carbocycles. The smallest absolute Gasteiger partial charge is 0.490 e.